The average Bonchev–Trinajstić information content (AvgIpc) is 2.18. The highest BCUT2D eigenvalue weighted by Crippen LogP contribution is 2.27. The van der Waals surface area contributed by atoms with Crippen molar-refractivity contribution in [1.82, 2.24) is 0 Å². The summed E-state index contributed by atoms with van der Waals surface area (Å²) in [5, 5.41) is 36.2. The van der Waals surface area contributed by atoms with Gasteiger partial charge in [-0.05, 0) is 6.42 Å². The van der Waals surface area contributed by atoms with Gasteiger partial charge in [0, 0.05) is 0 Å². The van der Waals surface area contributed by atoms with E-state index >= 15 is 0 Å². The molecule has 0 fully saturated rings. The average molecular weight is 206 g/mol. The van der Waals surface area contributed by atoms with Crippen molar-refractivity contribution in [2.75, 3.05) is 13.2 Å². The molecule has 0 aliphatic heterocycles. The van der Waals surface area contributed by atoms with Crippen molar-refractivity contribution in [1.29, 1.82) is 0 Å². The third-order valence-corrected chi connectivity index (χ3v) is 2.71. The Balaban J connectivity index is 3.95. The van der Waals surface area contributed by atoms with Crippen molar-refractivity contribution in [3.63, 3.8) is 0 Å². The lowest BCUT2D eigenvalue weighted by molar-refractivity contribution is -0.171. The summed E-state index contributed by atoms with van der Waals surface area (Å²) in [6, 6.07) is 0. The fraction of sp³-hybridized carbons (Fsp3) is 1.00. The molecule has 0 unspecified atom stereocenters. The van der Waals surface area contributed by atoms with Crippen molar-refractivity contribution in [3.05, 3.63) is 0 Å². The fourth-order valence-electron chi connectivity index (χ4n) is 1.40. The van der Waals surface area contributed by atoms with E-state index in [4.69, 9.17) is 20.4 Å². The van der Waals surface area contributed by atoms with E-state index in [1.165, 1.54) is 0 Å². The van der Waals surface area contributed by atoms with E-state index in [0.717, 1.165) is 25.7 Å². The van der Waals surface area contributed by atoms with Gasteiger partial charge in [-0.3, -0.25) is 0 Å². The molecule has 0 saturated heterocycles. The van der Waals surface area contributed by atoms with E-state index < -0.39 is 24.9 Å². The molecule has 0 rings (SSSR count). The Morgan fingerprint density at radius 1 is 1.00 bits per heavy atom. The predicted molar refractivity (Wildman–Crippen MR) is 53.6 cm³/mol. The van der Waals surface area contributed by atoms with Gasteiger partial charge in [-0.25, -0.2) is 0 Å². The van der Waals surface area contributed by atoms with Gasteiger partial charge in [-0.2, -0.15) is 0 Å². The van der Waals surface area contributed by atoms with Gasteiger partial charge in [-0.15, -0.1) is 0 Å². The molecule has 4 N–H and O–H groups in total. The molecule has 0 aliphatic rings. The van der Waals surface area contributed by atoms with Crippen LogP contribution in [0.1, 0.15) is 39.0 Å². The SMILES string of the molecule is CCCCCCC(CO)(CO)C(O)O. The summed E-state index contributed by atoms with van der Waals surface area (Å²) in [7, 11) is 0. The highest BCUT2D eigenvalue weighted by molar-refractivity contribution is 4.79. The van der Waals surface area contributed by atoms with Crippen molar-refractivity contribution >= 4 is 0 Å². The second kappa shape index (κ2) is 7.17. The topological polar surface area (TPSA) is 80.9 Å². The van der Waals surface area contributed by atoms with E-state index in [-0.39, 0.29) is 0 Å². The van der Waals surface area contributed by atoms with Gasteiger partial charge in [0.1, 0.15) is 0 Å². The maximum atomic E-state index is 9.05. The summed E-state index contributed by atoms with van der Waals surface area (Å²) in [4.78, 5) is 0. The van der Waals surface area contributed by atoms with Crippen LogP contribution >= 0.6 is 0 Å². The molecule has 0 amide bonds. The van der Waals surface area contributed by atoms with Gasteiger partial charge >= 0.3 is 0 Å². The molecular formula is C10H22O4. The van der Waals surface area contributed by atoms with Crippen LogP contribution in [0.15, 0.2) is 0 Å². The molecule has 0 spiro atoms. The summed E-state index contributed by atoms with van der Waals surface area (Å²) in [5.74, 6) is 0. The lowest BCUT2D eigenvalue weighted by Gasteiger charge is -2.31. The molecule has 0 aromatic carbocycles. The summed E-state index contributed by atoms with van der Waals surface area (Å²) in [6.45, 7) is 1.30. The highest BCUT2D eigenvalue weighted by atomic mass is 16.5. The largest absolute Gasteiger partial charge is 0.396 e. The first-order valence-corrected chi connectivity index (χ1v) is 5.21. The molecule has 0 atom stereocenters. The molecule has 4 heteroatoms. The summed E-state index contributed by atoms with van der Waals surface area (Å²) in [6.07, 6.45) is 2.77. The Labute approximate surface area is 85.2 Å². The van der Waals surface area contributed by atoms with Crippen molar-refractivity contribution < 1.29 is 20.4 Å². The molecule has 0 aromatic rings. The zero-order valence-corrected chi connectivity index (χ0v) is 8.82. The van der Waals surface area contributed by atoms with Gasteiger partial charge < -0.3 is 20.4 Å². The number of rotatable bonds is 8. The molecule has 14 heavy (non-hydrogen) atoms. The lowest BCUT2D eigenvalue weighted by Crippen LogP contribution is -2.41. The minimum atomic E-state index is -1.65. The fourth-order valence-corrected chi connectivity index (χ4v) is 1.40. The molecule has 0 bridgehead atoms. The Morgan fingerprint density at radius 3 is 1.93 bits per heavy atom. The van der Waals surface area contributed by atoms with Crippen LogP contribution in [-0.4, -0.2) is 39.9 Å². The maximum Gasteiger partial charge on any atom is 0.161 e. The second-order valence-corrected chi connectivity index (χ2v) is 3.86. The van der Waals surface area contributed by atoms with Crippen LogP contribution in [0.5, 0.6) is 0 Å². The van der Waals surface area contributed by atoms with E-state index in [2.05, 4.69) is 6.92 Å². The Kier molecular flexibility index (Phi) is 7.09. The number of hydrogen-bond acceptors (Lipinski definition) is 4. The van der Waals surface area contributed by atoms with E-state index in [1.54, 1.807) is 0 Å². The van der Waals surface area contributed by atoms with Gasteiger partial charge in [0.15, 0.2) is 6.29 Å². The van der Waals surface area contributed by atoms with Gasteiger partial charge in [0.05, 0.1) is 18.6 Å². The van der Waals surface area contributed by atoms with Crippen LogP contribution in [-0.2, 0) is 0 Å². The standard InChI is InChI=1S/C10H22O4/c1-2-3-4-5-6-10(7-11,8-12)9(13)14/h9,11-14H,2-8H2,1H3. The second-order valence-electron chi connectivity index (χ2n) is 3.86. The molecular weight excluding hydrogens is 184 g/mol. The summed E-state index contributed by atoms with van der Waals surface area (Å²) < 4.78 is 0. The summed E-state index contributed by atoms with van der Waals surface area (Å²) in [5.41, 5.74) is -1.15. The molecule has 0 saturated carbocycles. The molecule has 0 aromatic heterocycles. The normalized spacial score (nSPS) is 12.4. The number of hydrogen-bond donors (Lipinski definition) is 4. The van der Waals surface area contributed by atoms with Crippen LogP contribution in [0, 0.1) is 5.41 Å². The smallest absolute Gasteiger partial charge is 0.161 e. The van der Waals surface area contributed by atoms with Crippen molar-refractivity contribution in [3.8, 4) is 0 Å². The van der Waals surface area contributed by atoms with Crippen LogP contribution in [0.4, 0.5) is 0 Å². The highest BCUT2D eigenvalue weighted by Gasteiger charge is 2.35. The third-order valence-electron chi connectivity index (χ3n) is 2.71. The molecule has 4 nitrogen and oxygen atoms in total. The number of unbranched alkanes of at least 4 members (excludes halogenated alkanes) is 3. The van der Waals surface area contributed by atoms with Gasteiger partial charge in [-0.1, -0.05) is 32.6 Å². The van der Waals surface area contributed by atoms with Crippen molar-refractivity contribution in [2.45, 2.75) is 45.3 Å². The maximum absolute atomic E-state index is 9.05. The van der Waals surface area contributed by atoms with Crippen LogP contribution < -0.4 is 0 Å². The molecule has 0 aliphatic carbocycles. The first kappa shape index (κ1) is 13.8. The number of aliphatic hydroxyl groups is 4. The molecule has 0 heterocycles. The quantitative estimate of drug-likeness (QED) is 0.339. The first-order valence-electron chi connectivity index (χ1n) is 5.21. The predicted octanol–water partition coefficient (Wildman–Crippen LogP) is 0.238. The van der Waals surface area contributed by atoms with Crippen LogP contribution in [0.2, 0.25) is 0 Å². The third kappa shape index (κ3) is 3.92. The van der Waals surface area contributed by atoms with Crippen LogP contribution in [0.3, 0.4) is 0 Å². The molecule has 86 valence electrons. The zero-order valence-electron chi connectivity index (χ0n) is 8.82. The van der Waals surface area contributed by atoms with E-state index in [0.29, 0.717) is 6.42 Å². The van der Waals surface area contributed by atoms with Crippen LogP contribution in [0.25, 0.3) is 0 Å². The van der Waals surface area contributed by atoms with E-state index in [1.807, 2.05) is 0 Å². The monoisotopic (exact) mass is 206 g/mol. The Bertz CT molecular complexity index is 132. The minimum Gasteiger partial charge on any atom is -0.396 e. The number of aliphatic hydroxyl groups excluding tert-OH is 3. The summed E-state index contributed by atoms with van der Waals surface area (Å²) >= 11 is 0. The minimum absolute atomic E-state index is 0.396. The Hall–Kier alpha value is -0.160. The zero-order chi connectivity index (χ0) is 11.0. The molecule has 0 radical (unpaired) electrons. The first-order chi connectivity index (χ1) is 6.63. The van der Waals surface area contributed by atoms with Gasteiger partial charge in [0.2, 0.25) is 0 Å². The Morgan fingerprint density at radius 2 is 1.57 bits per heavy atom. The van der Waals surface area contributed by atoms with Crippen molar-refractivity contribution in [2.24, 2.45) is 5.41 Å². The lowest BCUT2D eigenvalue weighted by atomic mass is 9.83. The van der Waals surface area contributed by atoms with Gasteiger partial charge in [0.25, 0.3) is 0 Å². The van der Waals surface area contributed by atoms with E-state index in [9.17, 15) is 0 Å².